The van der Waals surface area contributed by atoms with Crippen LogP contribution in [0.2, 0.25) is 5.02 Å². The molecule has 180 valence electrons. The molecule has 1 N–H and O–H groups in total. The number of hydrogen-bond acceptors (Lipinski definition) is 5. The summed E-state index contributed by atoms with van der Waals surface area (Å²) in [6.07, 6.45) is 1.81. The van der Waals surface area contributed by atoms with Crippen molar-refractivity contribution in [1.29, 1.82) is 0 Å². The molecule has 5 nitrogen and oxygen atoms in total. The molecule has 9 heteroatoms. The van der Waals surface area contributed by atoms with Gasteiger partial charge in [-0.2, -0.15) is 0 Å². The third-order valence-corrected chi connectivity index (χ3v) is 7.67. The van der Waals surface area contributed by atoms with Gasteiger partial charge in [0.1, 0.15) is 6.61 Å². The highest BCUT2D eigenvalue weighted by Crippen LogP contribution is 2.39. The summed E-state index contributed by atoms with van der Waals surface area (Å²) in [6, 6.07) is 17.4. The molecule has 0 bridgehead atoms. The van der Waals surface area contributed by atoms with E-state index >= 15 is 0 Å². The van der Waals surface area contributed by atoms with Crippen molar-refractivity contribution in [2.45, 2.75) is 20.5 Å². The van der Waals surface area contributed by atoms with E-state index < -0.39 is 0 Å². The molecule has 0 aliphatic carbocycles. The summed E-state index contributed by atoms with van der Waals surface area (Å²) in [5.74, 6) is 1.02. The number of halogens is 3. The third-order valence-electron chi connectivity index (χ3n) is 5.04. The van der Waals surface area contributed by atoms with Crippen molar-refractivity contribution in [2.24, 2.45) is 4.99 Å². The van der Waals surface area contributed by atoms with E-state index in [2.05, 4.69) is 48.8 Å². The Morgan fingerprint density at radius 3 is 2.69 bits per heavy atom. The standard InChI is InChI=1S/C26H21BrClIN2O3S/c1-3-33-22-12-17(11-19(27)24(22)34-14-16-7-9-18(29)10-8-16)13-23-25(32)31-26(35-23)30-21-6-4-5-20(28)15(21)2/h4-13H,3,14H2,1-2H3,(H,30,31,32)/b23-13+. The van der Waals surface area contributed by atoms with Crippen molar-refractivity contribution in [1.82, 2.24) is 5.32 Å². The number of ether oxygens (including phenoxy) is 2. The summed E-state index contributed by atoms with van der Waals surface area (Å²) in [7, 11) is 0. The van der Waals surface area contributed by atoms with Crippen molar-refractivity contribution >= 4 is 84.7 Å². The lowest BCUT2D eigenvalue weighted by molar-refractivity contribution is -0.115. The molecular weight excluding hydrogens is 663 g/mol. The largest absolute Gasteiger partial charge is 0.490 e. The van der Waals surface area contributed by atoms with Crippen molar-refractivity contribution < 1.29 is 14.3 Å². The fourth-order valence-electron chi connectivity index (χ4n) is 3.27. The smallest absolute Gasteiger partial charge is 0.264 e. The molecule has 0 atom stereocenters. The summed E-state index contributed by atoms with van der Waals surface area (Å²) in [6.45, 7) is 4.71. The van der Waals surface area contributed by atoms with Crippen molar-refractivity contribution in [3.8, 4) is 11.5 Å². The number of hydrogen-bond donors (Lipinski definition) is 1. The van der Waals surface area contributed by atoms with Gasteiger partial charge in [-0.15, -0.1) is 0 Å². The average molecular weight is 684 g/mol. The van der Waals surface area contributed by atoms with E-state index in [-0.39, 0.29) is 5.91 Å². The predicted octanol–water partition coefficient (Wildman–Crippen LogP) is 7.88. The van der Waals surface area contributed by atoms with Crippen LogP contribution in [0.25, 0.3) is 6.08 Å². The molecular formula is C26H21BrClIN2O3S. The fourth-order valence-corrected chi connectivity index (χ4v) is 5.21. The van der Waals surface area contributed by atoms with Crippen LogP contribution in [0.1, 0.15) is 23.6 Å². The lowest BCUT2D eigenvalue weighted by Crippen LogP contribution is -2.19. The Balaban J connectivity index is 1.56. The molecule has 0 aromatic heterocycles. The number of carbonyl (C=O) groups is 1. The van der Waals surface area contributed by atoms with Gasteiger partial charge in [-0.25, -0.2) is 4.99 Å². The highest BCUT2D eigenvalue weighted by Gasteiger charge is 2.24. The fraction of sp³-hybridized carbons (Fsp3) is 0.154. The minimum Gasteiger partial charge on any atom is -0.490 e. The number of nitrogens with zero attached hydrogens (tertiary/aromatic N) is 1. The van der Waals surface area contributed by atoms with Gasteiger partial charge in [0.15, 0.2) is 16.7 Å². The molecule has 1 amide bonds. The number of amidine groups is 1. The third kappa shape index (κ3) is 6.61. The molecule has 0 saturated carbocycles. The maximum Gasteiger partial charge on any atom is 0.264 e. The van der Waals surface area contributed by atoms with Crippen molar-refractivity contribution in [2.75, 3.05) is 6.61 Å². The van der Waals surface area contributed by atoms with E-state index in [9.17, 15) is 4.79 Å². The van der Waals surface area contributed by atoms with Gasteiger partial charge >= 0.3 is 0 Å². The molecule has 3 aromatic carbocycles. The average Bonchev–Trinajstić information content (AvgIpc) is 3.16. The van der Waals surface area contributed by atoms with Crippen LogP contribution < -0.4 is 14.8 Å². The van der Waals surface area contributed by atoms with Gasteiger partial charge in [-0.05, 0) is 123 Å². The van der Waals surface area contributed by atoms with Crippen LogP contribution in [0, 0.1) is 10.5 Å². The maximum atomic E-state index is 12.6. The molecule has 1 heterocycles. The van der Waals surface area contributed by atoms with Gasteiger partial charge in [-0.1, -0.05) is 29.8 Å². The van der Waals surface area contributed by atoms with Gasteiger partial charge in [0.2, 0.25) is 0 Å². The van der Waals surface area contributed by atoms with Crippen molar-refractivity contribution in [3.05, 3.63) is 89.3 Å². The Labute approximate surface area is 235 Å². The second kappa shape index (κ2) is 11.8. The maximum absolute atomic E-state index is 12.6. The van der Waals surface area contributed by atoms with E-state index in [1.165, 1.54) is 15.3 Å². The van der Waals surface area contributed by atoms with Crippen LogP contribution in [0.15, 0.2) is 69.0 Å². The summed E-state index contributed by atoms with van der Waals surface area (Å²) >= 11 is 13.4. The monoisotopic (exact) mass is 682 g/mol. The summed E-state index contributed by atoms with van der Waals surface area (Å²) in [4.78, 5) is 17.7. The Morgan fingerprint density at radius 2 is 1.94 bits per heavy atom. The van der Waals surface area contributed by atoms with Crippen LogP contribution in [-0.2, 0) is 11.4 Å². The zero-order valence-electron chi connectivity index (χ0n) is 18.9. The number of rotatable bonds is 7. The number of thioether (sulfide) groups is 1. The molecule has 1 aliphatic heterocycles. The van der Waals surface area contributed by atoms with Gasteiger partial charge in [-0.3, -0.25) is 4.79 Å². The first-order valence-electron chi connectivity index (χ1n) is 10.7. The van der Waals surface area contributed by atoms with E-state index in [1.54, 1.807) is 0 Å². The van der Waals surface area contributed by atoms with E-state index in [0.717, 1.165) is 26.9 Å². The molecule has 0 unspecified atom stereocenters. The lowest BCUT2D eigenvalue weighted by atomic mass is 10.1. The minimum atomic E-state index is -0.207. The first kappa shape index (κ1) is 26.1. The zero-order chi connectivity index (χ0) is 24.9. The number of nitrogens with one attached hydrogen (secondary N) is 1. The van der Waals surface area contributed by atoms with Crippen LogP contribution >= 0.6 is 61.9 Å². The lowest BCUT2D eigenvalue weighted by Gasteiger charge is -2.15. The Hall–Kier alpha value is -2.01. The molecule has 4 rings (SSSR count). The van der Waals surface area contributed by atoms with Crippen molar-refractivity contribution in [3.63, 3.8) is 0 Å². The highest BCUT2D eigenvalue weighted by atomic mass is 127. The Morgan fingerprint density at radius 1 is 1.17 bits per heavy atom. The predicted molar refractivity (Wildman–Crippen MR) is 156 cm³/mol. The molecule has 0 spiro atoms. The van der Waals surface area contributed by atoms with Gasteiger partial charge in [0.25, 0.3) is 5.91 Å². The van der Waals surface area contributed by atoms with Gasteiger partial charge in [0.05, 0.1) is 21.7 Å². The first-order chi connectivity index (χ1) is 16.8. The quantitative estimate of drug-likeness (QED) is 0.203. The Kier molecular flexibility index (Phi) is 8.80. The molecule has 1 saturated heterocycles. The summed E-state index contributed by atoms with van der Waals surface area (Å²) < 4.78 is 13.9. The van der Waals surface area contributed by atoms with Crippen LogP contribution in [0.3, 0.4) is 0 Å². The molecule has 35 heavy (non-hydrogen) atoms. The molecule has 1 fully saturated rings. The van der Waals surface area contributed by atoms with Crippen LogP contribution in [0.5, 0.6) is 11.5 Å². The summed E-state index contributed by atoms with van der Waals surface area (Å²) in [5, 5.41) is 3.96. The number of benzene rings is 3. The van der Waals surface area contributed by atoms with Gasteiger partial charge < -0.3 is 14.8 Å². The zero-order valence-corrected chi connectivity index (χ0v) is 24.2. The summed E-state index contributed by atoms with van der Waals surface area (Å²) in [5.41, 5.74) is 3.45. The Bertz CT molecular complexity index is 1330. The van der Waals surface area contributed by atoms with Crippen LogP contribution in [0.4, 0.5) is 5.69 Å². The number of carbonyl (C=O) groups excluding carboxylic acids is 1. The van der Waals surface area contributed by atoms with E-state index in [0.29, 0.717) is 39.8 Å². The first-order valence-corrected chi connectivity index (χ1v) is 13.8. The molecule has 1 aliphatic rings. The number of aliphatic imine (C=N–C) groups is 1. The van der Waals surface area contributed by atoms with E-state index in [4.69, 9.17) is 21.1 Å². The SMILES string of the molecule is CCOc1cc(/C=C2/SC(=Nc3cccc(Cl)c3C)NC2=O)cc(Br)c1OCc1ccc(I)cc1. The molecule has 3 aromatic rings. The second-order valence-corrected chi connectivity index (χ2v) is 11.1. The normalized spacial score (nSPS) is 15.5. The van der Waals surface area contributed by atoms with Gasteiger partial charge in [0, 0.05) is 8.59 Å². The second-order valence-electron chi connectivity index (χ2n) is 7.54. The highest BCUT2D eigenvalue weighted by molar-refractivity contribution is 14.1. The number of amides is 1. The topological polar surface area (TPSA) is 59.9 Å². The van der Waals surface area contributed by atoms with Crippen LogP contribution in [-0.4, -0.2) is 17.7 Å². The van der Waals surface area contributed by atoms with E-state index in [1.807, 2.05) is 74.5 Å². The minimum absolute atomic E-state index is 0.207. The molecule has 0 radical (unpaired) electrons.